The summed E-state index contributed by atoms with van der Waals surface area (Å²) >= 11 is 0. The Hall–Kier alpha value is -0.280. The normalized spacial score (nSPS) is 25.9. The molecule has 1 rings (SSSR count). The maximum absolute atomic E-state index is 10.6. The molecule has 3 nitrogen and oxygen atoms in total. The zero-order valence-electron chi connectivity index (χ0n) is 6.04. The van der Waals surface area contributed by atoms with Crippen molar-refractivity contribution in [3.05, 3.63) is 0 Å². The Balaban J connectivity index is 0.000000810. The minimum absolute atomic E-state index is 0. The van der Waals surface area contributed by atoms with E-state index in [1.807, 2.05) is 11.9 Å². The van der Waals surface area contributed by atoms with Gasteiger partial charge in [-0.2, -0.15) is 0 Å². The van der Waals surface area contributed by atoms with Crippen LogP contribution in [0.15, 0.2) is 0 Å². The predicted octanol–water partition coefficient (Wildman–Crippen LogP) is -0.0123. The van der Waals surface area contributed by atoms with Crippen LogP contribution in [0.4, 0.5) is 0 Å². The standard InChI is InChI=1S/C6H12N2O.ClH/c1-8-4-2-3-5(8)6(7)9;/h5H,2-4H2,1H3,(H2,7,9);1H/t5-;/m0./s1. The highest BCUT2D eigenvalue weighted by Crippen LogP contribution is 2.13. The number of nitrogens with two attached hydrogens (primary N) is 1. The molecule has 0 aromatic rings. The van der Waals surface area contributed by atoms with Crippen LogP contribution in [0.5, 0.6) is 0 Å². The number of primary amides is 1. The summed E-state index contributed by atoms with van der Waals surface area (Å²) in [6, 6.07) is 0.00463. The molecule has 1 saturated heterocycles. The average molecular weight is 165 g/mol. The van der Waals surface area contributed by atoms with E-state index in [-0.39, 0.29) is 24.4 Å². The van der Waals surface area contributed by atoms with Gasteiger partial charge in [0, 0.05) is 0 Å². The maximum atomic E-state index is 10.6. The summed E-state index contributed by atoms with van der Waals surface area (Å²) in [5.74, 6) is -0.185. The van der Waals surface area contributed by atoms with Gasteiger partial charge in [0.05, 0.1) is 6.04 Å². The highest BCUT2D eigenvalue weighted by Gasteiger charge is 2.24. The minimum Gasteiger partial charge on any atom is -0.368 e. The first kappa shape index (κ1) is 9.72. The summed E-state index contributed by atoms with van der Waals surface area (Å²) in [7, 11) is 1.93. The number of hydrogen-bond acceptors (Lipinski definition) is 2. The van der Waals surface area contributed by atoms with Crippen LogP contribution in [0.1, 0.15) is 12.8 Å². The van der Waals surface area contributed by atoms with Gasteiger partial charge >= 0.3 is 0 Å². The van der Waals surface area contributed by atoms with E-state index in [9.17, 15) is 4.79 Å². The van der Waals surface area contributed by atoms with E-state index in [0.717, 1.165) is 19.4 Å². The monoisotopic (exact) mass is 164 g/mol. The zero-order chi connectivity index (χ0) is 6.85. The first-order chi connectivity index (χ1) is 4.22. The molecular weight excluding hydrogens is 152 g/mol. The van der Waals surface area contributed by atoms with Crippen LogP contribution in [0, 0.1) is 0 Å². The fraction of sp³-hybridized carbons (Fsp3) is 0.833. The third-order valence-electron chi connectivity index (χ3n) is 1.85. The van der Waals surface area contributed by atoms with Crippen molar-refractivity contribution >= 4 is 18.3 Å². The molecule has 1 amide bonds. The first-order valence-electron chi connectivity index (χ1n) is 3.21. The van der Waals surface area contributed by atoms with Crippen LogP contribution < -0.4 is 5.73 Å². The Morgan fingerprint density at radius 3 is 2.50 bits per heavy atom. The van der Waals surface area contributed by atoms with Gasteiger partial charge in [-0.25, -0.2) is 0 Å². The Morgan fingerprint density at radius 1 is 1.70 bits per heavy atom. The molecule has 10 heavy (non-hydrogen) atoms. The van der Waals surface area contributed by atoms with Crippen molar-refractivity contribution in [2.45, 2.75) is 18.9 Å². The number of likely N-dealkylation sites (N-methyl/N-ethyl adjacent to an activating group) is 1. The van der Waals surface area contributed by atoms with Gasteiger partial charge in [-0.3, -0.25) is 9.69 Å². The van der Waals surface area contributed by atoms with Gasteiger partial charge in [0.2, 0.25) is 5.91 Å². The molecule has 0 spiro atoms. The fourth-order valence-electron chi connectivity index (χ4n) is 1.27. The van der Waals surface area contributed by atoms with Gasteiger partial charge < -0.3 is 5.73 Å². The summed E-state index contributed by atoms with van der Waals surface area (Å²) in [5.41, 5.74) is 5.11. The zero-order valence-corrected chi connectivity index (χ0v) is 6.86. The van der Waals surface area contributed by atoms with Crippen molar-refractivity contribution in [1.82, 2.24) is 4.90 Å². The lowest BCUT2D eigenvalue weighted by atomic mass is 10.2. The molecule has 2 N–H and O–H groups in total. The Bertz CT molecular complexity index is 129. The van der Waals surface area contributed by atoms with Crippen molar-refractivity contribution < 1.29 is 4.79 Å². The van der Waals surface area contributed by atoms with Crippen molar-refractivity contribution in [2.75, 3.05) is 13.6 Å². The number of carbonyl (C=O) groups excluding carboxylic acids is 1. The van der Waals surface area contributed by atoms with Gasteiger partial charge in [-0.15, -0.1) is 12.4 Å². The minimum atomic E-state index is -0.185. The largest absolute Gasteiger partial charge is 0.368 e. The predicted molar refractivity (Wildman–Crippen MR) is 42.1 cm³/mol. The van der Waals surface area contributed by atoms with Gasteiger partial charge in [0.25, 0.3) is 0 Å². The molecule has 0 bridgehead atoms. The van der Waals surface area contributed by atoms with Crippen molar-refractivity contribution in [3.8, 4) is 0 Å². The van der Waals surface area contributed by atoms with Gasteiger partial charge in [0.1, 0.15) is 0 Å². The summed E-state index contributed by atoms with van der Waals surface area (Å²) < 4.78 is 0. The van der Waals surface area contributed by atoms with Crippen molar-refractivity contribution in [1.29, 1.82) is 0 Å². The molecule has 0 radical (unpaired) electrons. The van der Waals surface area contributed by atoms with Crippen LogP contribution in [0.2, 0.25) is 0 Å². The summed E-state index contributed by atoms with van der Waals surface area (Å²) in [4.78, 5) is 12.6. The highest BCUT2D eigenvalue weighted by atomic mass is 35.5. The number of nitrogens with zero attached hydrogens (tertiary/aromatic N) is 1. The second-order valence-electron chi connectivity index (χ2n) is 2.54. The second-order valence-corrected chi connectivity index (χ2v) is 2.54. The number of amides is 1. The molecule has 4 heteroatoms. The van der Waals surface area contributed by atoms with E-state index in [0.29, 0.717) is 0 Å². The Labute approximate surface area is 67.0 Å². The summed E-state index contributed by atoms with van der Waals surface area (Å²) in [5, 5.41) is 0. The lowest BCUT2D eigenvalue weighted by molar-refractivity contribution is -0.121. The topological polar surface area (TPSA) is 46.3 Å². The molecule has 0 aromatic carbocycles. The van der Waals surface area contributed by atoms with Crippen LogP contribution >= 0.6 is 12.4 Å². The highest BCUT2D eigenvalue weighted by molar-refractivity contribution is 5.85. The molecule has 1 aliphatic rings. The van der Waals surface area contributed by atoms with Crippen LogP contribution in [0.25, 0.3) is 0 Å². The molecule has 0 saturated carbocycles. The third-order valence-corrected chi connectivity index (χ3v) is 1.85. The molecule has 0 aromatic heterocycles. The first-order valence-corrected chi connectivity index (χ1v) is 3.21. The maximum Gasteiger partial charge on any atom is 0.234 e. The quantitative estimate of drug-likeness (QED) is 0.593. The molecule has 0 unspecified atom stereocenters. The lowest BCUT2D eigenvalue weighted by Gasteiger charge is -2.14. The SMILES string of the molecule is CN1CCC[C@H]1C(N)=O.Cl. The van der Waals surface area contributed by atoms with Gasteiger partial charge in [0.15, 0.2) is 0 Å². The number of hydrogen-bond donors (Lipinski definition) is 1. The van der Waals surface area contributed by atoms with E-state index >= 15 is 0 Å². The van der Waals surface area contributed by atoms with E-state index in [2.05, 4.69) is 0 Å². The van der Waals surface area contributed by atoms with Gasteiger partial charge in [-0.1, -0.05) is 0 Å². The Kier molecular flexibility index (Phi) is 3.68. The lowest BCUT2D eigenvalue weighted by Crippen LogP contribution is -2.37. The third kappa shape index (κ3) is 1.85. The van der Waals surface area contributed by atoms with Crippen molar-refractivity contribution in [3.63, 3.8) is 0 Å². The number of carbonyl (C=O) groups is 1. The fourth-order valence-corrected chi connectivity index (χ4v) is 1.27. The van der Waals surface area contributed by atoms with E-state index in [4.69, 9.17) is 5.73 Å². The average Bonchev–Trinajstić information content (AvgIpc) is 2.13. The number of likely N-dealkylation sites (tertiary alicyclic amines) is 1. The number of halogens is 1. The van der Waals surface area contributed by atoms with E-state index in [1.54, 1.807) is 0 Å². The second kappa shape index (κ2) is 3.78. The van der Waals surface area contributed by atoms with E-state index in [1.165, 1.54) is 0 Å². The van der Waals surface area contributed by atoms with Crippen LogP contribution in [-0.4, -0.2) is 30.4 Å². The van der Waals surface area contributed by atoms with Crippen LogP contribution in [-0.2, 0) is 4.79 Å². The molecule has 1 heterocycles. The smallest absolute Gasteiger partial charge is 0.234 e. The summed E-state index contributed by atoms with van der Waals surface area (Å²) in [6.07, 6.45) is 2.04. The van der Waals surface area contributed by atoms with E-state index < -0.39 is 0 Å². The Morgan fingerprint density at radius 2 is 2.30 bits per heavy atom. The number of rotatable bonds is 1. The summed E-state index contributed by atoms with van der Waals surface area (Å²) in [6.45, 7) is 1.01. The molecule has 1 atom stereocenters. The molecule has 0 aliphatic carbocycles. The molecule has 1 aliphatic heterocycles. The van der Waals surface area contributed by atoms with Crippen LogP contribution in [0.3, 0.4) is 0 Å². The molecular formula is C6H13ClN2O. The molecule has 60 valence electrons. The molecule has 1 fully saturated rings. The van der Waals surface area contributed by atoms with Crippen molar-refractivity contribution in [2.24, 2.45) is 5.73 Å². The van der Waals surface area contributed by atoms with Gasteiger partial charge in [-0.05, 0) is 26.4 Å².